The Morgan fingerprint density at radius 3 is 2.20 bits per heavy atom. The lowest BCUT2D eigenvalue weighted by Crippen LogP contribution is -2.28. The molecule has 2 atom stereocenters. The van der Waals surface area contributed by atoms with E-state index in [9.17, 15) is 5.11 Å². The van der Waals surface area contributed by atoms with E-state index in [1.807, 2.05) is 18.2 Å². The average molecular weight is 202 g/mol. The molecule has 0 aliphatic heterocycles. The third-order valence-corrected chi connectivity index (χ3v) is 3.33. The smallest absolute Gasteiger partial charge is 0.0731 e. The second kappa shape index (κ2) is 3.49. The monoisotopic (exact) mass is 202 g/mol. The number of aliphatic hydroxyl groups excluding tert-OH is 1. The molecule has 15 heavy (non-hydrogen) atoms. The van der Waals surface area contributed by atoms with E-state index in [2.05, 4.69) is 39.0 Å². The van der Waals surface area contributed by atoms with Gasteiger partial charge in [-0.05, 0) is 12.5 Å². The fraction of sp³-hybridized carbons (Fsp3) is 0.429. The molecule has 0 saturated carbocycles. The Bertz CT molecular complexity index is 376. The van der Waals surface area contributed by atoms with Gasteiger partial charge in [0.25, 0.3) is 0 Å². The molecule has 0 amide bonds. The van der Waals surface area contributed by atoms with Crippen LogP contribution in [0, 0.1) is 5.41 Å². The van der Waals surface area contributed by atoms with Gasteiger partial charge in [0.05, 0.1) is 6.10 Å². The zero-order valence-corrected chi connectivity index (χ0v) is 9.57. The lowest BCUT2D eigenvalue weighted by atomic mass is 9.83. The molecule has 1 aliphatic carbocycles. The van der Waals surface area contributed by atoms with Crippen LogP contribution in [-0.2, 0) is 0 Å². The van der Waals surface area contributed by atoms with E-state index in [0.29, 0.717) is 0 Å². The maximum atomic E-state index is 10.3. The highest BCUT2D eigenvalue weighted by Crippen LogP contribution is 2.44. The first-order chi connectivity index (χ1) is 7.02. The van der Waals surface area contributed by atoms with Gasteiger partial charge in [-0.15, -0.1) is 0 Å². The van der Waals surface area contributed by atoms with E-state index in [-0.39, 0.29) is 17.4 Å². The van der Waals surface area contributed by atoms with Crippen LogP contribution in [-0.4, -0.2) is 11.2 Å². The predicted molar refractivity (Wildman–Crippen MR) is 62.7 cm³/mol. The normalized spacial score (nSPS) is 28.9. The lowest BCUT2D eigenvalue weighted by molar-refractivity contribution is 0.0808. The molecule has 0 saturated heterocycles. The van der Waals surface area contributed by atoms with Crippen molar-refractivity contribution in [3.05, 3.63) is 47.5 Å². The van der Waals surface area contributed by atoms with Gasteiger partial charge in [0, 0.05) is 11.3 Å². The maximum absolute atomic E-state index is 10.3. The molecule has 0 unspecified atom stereocenters. The highest BCUT2D eigenvalue weighted by atomic mass is 16.3. The van der Waals surface area contributed by atoms with Crippen molar-refractivity contribution in [1.29, 1.82) is 0 Å². The highest BCUT2D eigenvalue weighted by Gasteiger charge is 2.40. The molecule has 1 nitrogen and oxygen atoms in total. The molecule has 1 aliphatic rings. The van der Waals surface area contributed by atoms with Crippen LogP contribution in [0.15, 0.2) is 42.0 Å². The van der Waals surface area contributed by atoms with Crippen molar-refractivity contribution in [1.82, 2.24) is 0 Å². The van der Waals surface area contributed by atoms with E-state index in [4.69, 9.17) is 0 Å². The van der Waals surface area contributed by atoms with Crippen LogP contribution < -0.4 is 0 Å². The van der Waals surface area contributed by atoms with Crippen LogP contribution >= 0.6 is 0 Å². The summed E-state index contributed by atoms with van der Waals surface area (Å²) in [5.41, 5.74) is 2.38. The zero-order valence-electron chi connectivity index (χ0n) is 9.57. The Kier molecular flexibility index (Phi) is 2.43. The van der Waals surface area contributed by atoms with Crippen molar-refractivity contribution < 1.29 is 5.11 Å². The predicted octanol–water partition coefficient (Wildman–Crippen LogP) is 3.12. The molecule has 0 spiro atoms. The maximum Gasteiger partial charge on any atom is 0.0731 e. The average Bonchev–Trinajstić information content (AvgIpc) is 2.38. The fourth-order valence-corrected chi connectivity index (χ4v) is 2.55. The van der Waals surface area contributed by atoms with Crippen LogP contribution in [0.3, 0.4) is 0 Å². The van der Waals surface area contributed by atoms with Crippen LogP contribution in [0.4, 0.5) is 0 Å². The molecule has 1 aromatic carbocycles. The Morgan fingerprint density at radius 2 is 1.73 bits per heavy atom. The third kappa shape index (κ3) is 1.72. The van der Waals surface area contributed by atoms with Gasteiger partial charge in [-0.2, -0.15) is 0 Å². The first-order valence-corrected chi connectivity index (χ1v) is 5.45. The summed E-state index contributed by atoms with van der Waals surface area (Å²) in [7, 11) is 0. The molecule has 2 rings (SSSR count). The molecule has 0 radical (unpaired) electrons. The van der Waals surface area contributed by atoms with Crippen LogP contribution in [0.2, 0.25) is 0 Å². The van der Waals surface area contributed by atoms with Gasteiger partial charge in [-0.25, -0.2) is 0 Å². The molecule has 1 N–H and O–H groups in total. The van der Waals surface area contributed by atoms with Crippen LogP contribution in [0.25, 0.3) is 0 Å². The fourth-order valence-electron chi connectivity index (χ4n) is 2.55. The SMILES string of the molecule is CC1=CC(C)(C)[C@H](O)[C@H]1c1ccccc1. The summed E-state index contributed by atoms with van der Waals surface area (Å²) in [5.74, 6) is 0.168. The van der Waals surface area contributed by atoms with Gasteiger partial charge >= 0.3 is 0 Å². The molecule has 80 valence electrons. The summed E-state index contributed by atoms with van der Waals surface area (Å²) < 4.78 is 0. The van der Waals surface area contributed by atoms with E-state index < -0.39 is 0 Å². The van der Waals surface area contributed by atoms with E-state index in [1.54, 1.807) is 0 Å². The largest absolute Gasteiger partial charge is 0.391 e. The summed E-state index contributed by atoms with van der Waals surface area (Å²) in [6, 6.07) is 10.2. The Balaban J connectivity index is 2.37. The van der Waals surface area contributed by atoms with Crippen LogP contribution in [0.1, 0.15) is 32.3 Å². The van der Waals surface area contributed by atoms with Gasteiger partial charge < -0.3 is 5.11 Å². The van der Waals surface area contributed by atoms with Crippen molar-refractivity contribution in [2.75, 3.05) is 0 Å². The molecule has 0 heterocycles. The Morgan fingerprint density at radius 1 is 1.13 bits per heavy atom. The van der Waals surface area contributed by atoms with E-state index in [1.165, 1.54) is 11.1 Å². The third-order valence-electron chi connectivity index (χ3n) is 3.33. The molecule has 1 aromatic rings. The minimum Gasteiger partial charge on any atom is -0.391 e. The quantitative estimate of drug-likeness (QED) is 0.694. The summed E-state index contributed by atoms with van der Waals surface area (Å²) >= 11 is 0. The van der Waals surface area contributed by atoms with E-state index >= 15 is 0 Å². The Hall–Kier alpha value is -1.08. The van der Waals surface area contributed by atoms with Crippen molar-refractivity contribution in [3.63, 3.8) is 0 Å². The van der Waals surface area contributed by atoms with Gasteiger partial charge in [0.1, 0.15) is 0 Å². The summed E-state index contributed by atoms with van der Waals surface area (Å²) in [5, 5.41) is 10.3. The molecule has 0 fully saturated rings. The standard InChI is InChI=1S/C14H18O/c1-10-9-14(2,3)13(15)12(10)11-7-5-4-6-8-11/h4-9,12-13,15H,1-3H3/t12-,13-/m1/s1. The van der Waals surface area contributed by atoms with Crippen molar-refractivity contribution in [2.45, 2.75) is 32.8 Å². The second-order valence-corrected chi connectivity index (χ2v) is 5.04. The second-order valence-electron chi connectivity index (χ2n) is 5.04. The number of hydrogen-bond acceptors (Lipinski definition) is 1. The molecule has 0 bridgehead atoms. The summed E-state index contributed by atoms with van der Waals surface area (Å²) in [6.45, 7) is 6.28. The van der Waals surface area contributed by atoms with Crippen molar-refractivity contribution >= 4 is 0 Å². The first-order valence-electron chi connectivity index (χ1n) is 5.45. The van der Waals surface area contributed by atoms with E-state index in [0.717, 1.165) is 0 Å². The number of benzene rings is 1. The number of hydrogen-bond donors (Lipinski definition) is 1. The lowest BCUT2D eigenvalue weighted by Gasteiger charge is -2.26. The highest BCUT2D eigenvalue weighted by molar-refractivity contribution is 5.36. The minimum atomic E-state index is -0.306. The molecular formula is C14H18O. The number of aliphatic hydroxyl groups is 1. The molecular weight excluding hydrogens is 184 g/mol. The Labute approximate surface area is 91.4 Å². The molecule has 0 aromatic heterocycles. The topological polar surface area (TPSA) is 20.2 Å². The zero-order chi connectivity index (χ0) is 11.1. The minimum absolute atomic E-state index is 0.107. The van der Waals surface area contributed by atoms with Gasteiger partial charge in [-0.1, -0.05) is 55.8 Å². The number of rotatable bonds is 1. The summed E-state index contributed by atoms with van der Waals surface area (Å²) in [6.07, 6.45) is 1.88. The van der Waals surface area contributed by atoms with Crippen LogP contribution in [0.5, 0.6) is 0 Å². The first kappa shape index (κ1) is 10.4. The van der Waals surface area contributed by atoms with Crippen molar-refractivity contribution in [3.8, 4) is 0 Å². The van der Waals surface area contributed by atoms with Gasteiger partial charge in [0.15, 0.2) is 0 Å². The summed E-state index contributed by atoms with van der Waals surface area (Å²) in [4.78, 5) is 0. The van der Waals surface area contributed by atoms with Gasteiger partial charge in [0.2, 0.25) is 0 Å². The molecule has 1 heteroatoms. The van der Waals surface area contributed by atoms with Crippen molar-refractivity contribution in [2.24, 2.45) is 5.41 Å². The van der Waals surface area contributed by atoms with Gasteiger partial charge in [-0.3, -0.25) is 0 Å².